The maximum absolute atomic E-state index is 7.23. The Bertz CT molecular complexity index is 462. The van der Waals surface area contributed by atoms with Crippen LogP contribution in [0.4, 0.5) is 0 Å². The Morgan fingerprint density at radius 1 is 1.38 bits per heavy atom. The third kappa shape index (κ3) is 2.56. The first-order valence-electron chi connectivity index (χ1n) is 4.46. The maximum Gasteiger partial charge on any atom is 0.213 e. The smallest absolute Gasteiger partial charge is 0.213 e. The molecule has 0 radical (unpaired) electrons. The van der Waals surface area contributed by atoms with E-state index in [2.05, 4.69) is 15.3 Å². The summed E-state index contributed by atoms with van der Waals surface area (Å²) >= 11 is 0. The molecule has 0 aromatic carbocycles. The minimum Gasteiger partial charge on any atom is -0.369 e. The number of hydrogen-bond donors (Lipinski definition) is 4. The van der Waals surface area contributed by atoms with Gasteiger partial charge in [-0.2, -0.15) is 10.2 Å². The summed E-state index contributed by atoms with van der Waals surface area (Å²) in [6.07, 6.45) is 1.60. The van der Waals surface area contributed by atoms with Gasteiger partial charge in [-0.25, -0.2) is 4.68 Å². The predicted octanol–water partition coefficient (Wildman–Crippen LogP) is -1.07. The molecule has 0 bridgehead atoms. The van der Waals surface area contributed by atoms with Crippen molar-refractivity contribution in [3.8, 4) is 0 Å². The second-order valence-electron chi connectivity index (χ2n) is 3.17. The molecule has 0 atom stereocenters. The number of aryl methyl sites for hydroxylation is 1. The van der Waals surface area contributed by atoms with E-state index in [4.69, 9.17) is 22.6 Å². The number of nitrogens with zero attached hydrogens (tertiary/aromatic N) is 4. The van der Waals surface area contributed by atoms with Crippen molar-refractivity contribution in [2.45, 2.75) is 13.8 Å². The van der Waals surface area contributed by atoms with Crippen molar-refractivity contribution >= 4 is 17.6 Å². The third-order valence-corrected chi connectivity index (χ3v) is 1.85. The van der Waals surface area contributed by atoms with Gasteiger partial charge >= 0.3 is 0 Å². The Labute approximate surface area is 92.3 Å². The molecule has 0 saturated carbocycles. The van der Waals surface area contributed by atoms with E-state index in [0.29, 0.717) is 11.4 Å². The average molecular weight is 222 g/mol. The molecule has 16 heavy (non-hydrogen) atoms. The van der Waals surface area contributed by atoms with Crippen molar-refractivity contribution in [1.29, 1.82) is 5.41 Å². The van der Waals surface area contributed by atoms with Crippen LogP contribution in [0.15, 0.2) is 16.4 Å². The zero-order valence-electron chi connectivity index (χ0n) is 9.10. The van der Waals surface area contributed by atoms with Crippen LogP contribution in [0.3, 0.4) is 0 Å². The van der Waals surface area contributed by atoms with Crippen molar-refractivity contribution in [2.75, 3.05) is 0 Å². The summed E-state index contributed by atoms with van der Waals surface area (Å²) in [6.45, 7) is 3.52. The molecule has 1 heterocycles. The van der Waals surface area contributed by atoms with Gasteiger partial charge in [0.25, 0.3) is 0 Å². The van der Waals surface area contributed by atoms with Gasteiger partial charge in [0, 0.05) is 11.8 Å². The fraction of sp³-hybridized carbons (Fsp3) is 0.250. The van der Waals surface area contributed by atoms with Crippen LogP contribution in [0, 0.1) is 12.3 Å². The van der Waals surface area contributed by atoms with Gasteiger partial charge in [0.05, 0.1) is 11.4 Å². The average Bonchev–Trinajstić information content (AvgIpc) is 2.57. The zero-order chi connectivity index (χ0) is 12.3. The Morgan fingerprint density at radius 2 is 2.00 bits per heavy atom. The first kappa shape index (κ1) is 11.7. The zero-order valence-corrected chi connectivity index (χ0v) is 9.10. The van der Waals surface area contributed by atoms with E-state index < -0.39 is 0 Å². The second kappa shape index (κ2) is 4.43. The summed E-state index contributed by atoms with van der Waals surface area (Å²) in [4.78, 5) is 0. The number of aromatic nitrogens is 2. The van der Waals surface area contributed by atoms with E-state index in [1.807, 2.05) is 0 Å². The van der Waals surface area contributed by atoms with Gasteiger partial charge in [0.2, 0.25) is 11.9 Å². The molecular formula is C8H14N8. The van der Waals surface area contributed by atoms with Crippen LogP contribution in [0.25, 0.3) is 0 Å². The highest BCUT2D eigenvalue weighted by Gasteiger charge is 2.08. The lowest BCUT2D eigenvalue weighted by atomic mass is 10.2. The highest BCUT2D eigenvalue weighted by atomic mass is 15.3. The van der Waals surface area contributed by atoms with Gasteiger partial charge in [-0.05, 0) is 13.8 Å². The molecule has 0 aliphatic carbocycles. The fourth-order valence-corrected chi connectivity index (χ4v) is 1.13. The Kier molecular flexibility index (Phi) is 3.24. The molecule has 8 nitrogen and oxygen atoms in total. The van der Waals surface area contributed by atoms with Gasteiger partial charge in [0.15, 0.2) is 0 Å². The Morgan fingerprint density at radius 3 is 2.44 bits per heavy atom. The molecule has 86 valence electrons. The van der Waals surface area contributed by atoms with E-state index in [1.54, 1.807) is 20.0 Å². The Hall–Kier alpha value is -2.38. The number of nitrogens with one attached hydrogen (secondary N) is 1. The molecule has 0 aliphatic heterocycles. The lowest BCUT2D eigenvalue weighted by molar-refractivity contribution is 0.892. The van der Waals surface area contributed by atoms with Crippen molar-refractivity contribution in [3.63, 3.8) is 0 Å². The van der Waals surface area contributed by atoms with E-state index in [1.165, 1.54) is 4.68 Å². The number of rotatable bonds is 2. The minimum atomic E-state index is -0.163. The van der Waals surface area contributed by atoms with Crippen LogP contribution in [-0.2, 0) is 0 Å². The summed E-state index contributed by atoms with van der Waals surface area (Å²) in [5, 5.41) is 18.6. The van der Waals surface area contributed by atoms with Crippen molar-refractivity contribution < 1.29 is 0 Å². The van der Waals surface area contributed by atoms with Gasteiger partial charge < -0.3 is 17.2 Å². The monoisotopic (exact) mass is 222 g/mol. The highest BCUT2D eigenvalue weighted by molar-refractivity contribution is 6.00. The standard InChI is InChI=1S/C8H14N8/c1-4(13-14-7(9)10)6-3-16(8(11)12)15-5(6)2/h3H,1-2H3,(H3,11,12)(H4,9,10,14). The van der Waals surface area contributed by atoms with Crippen LogP contribution in [-0.4, -0.2) is 27.4 Å². The predicted molar refractivity (Wildman–Crippen MR) is 62.3 cm³/mol. The van der Waals surface area contributed by atoms with Crippen molar-refractivity contribution in [3.05, 3.63) is 17.5 Å². The first-order valence-corrected chi connectivity index (χ1v) is 4.46. The van der Waals surface area contributed by atoms with E-state index in [0.717, 1.165) is 5.56 Å². The van der Waals surface area contributed by atoms with E-state index in [-0.39, 0.29) is 11.9 Å². The minimum absolute atomic E-state index is 0.115. The maximum atomic E-state index is 7.23. The molecule has 1 aromatic rings. The summed E-state index contributed by atoms with van der Waals surface area (Å²) in [7, 11) is 0. The third-order valence-electron chi connectivity index (χ3n) is 1.85. The van der Waals surface area contributed by atoms with E-state index >= 15 is 0 Å². The lowest BCUT2D eigenvalue weighted by Crippen LogP contribution is -2.22. The molecular weight excluding hydrogens is 208 g/mol. The van der Waals surface area contributed by atoms with Crippen LogP contribution < -0.4 is 17.2 Å². The topological polar surface area (TPSA) is 144 Å². The number of nitrogen functional groups attached to an aromatic ring is 1. The van der Waals surface area contributed by atoms with Crippen LogP contribution in [0.5, 0.6) is 0 Å². The normalized spacial score (nSPS) is 11.2. The molecule has 0 amide bonds. The van der Waals surface area contributed by atoms with Crippen molar-refractivity contribution in [1.82, 2.24) is 9.78 Å². The van der Waals surface area contributed by atoms with Gasteiger partial charge in [-0.1, -0.05) is 0 Å². The van der Waals surface area contributed by atoms with Crippen LogP contribution in [0.1, 0.15) is 18.2 Å². The SMILES string of the molecule is CC(=NN=C(N)N)c1cn(C(=N)N)nc1C. The fourth-order valence-electron chi connectivity index (χ4n) is 1.13. The highest BCUT2D eigenvalue weighted by Crippen LogP contribution is 2.06. The summed E-state index contributed by atoms with van der Waals surface area (Å²) < 4.78 is 1.25. The number of nitrogens with two attached hydrogens (primary N) is 3. The molecule has 1 rings (SSSR count). The molecule has 0 saturated heterocycles. The summed E-state index contributed by atoms with van der Waals surface area (Å²) in [6, 6.07) is 0. The molecule has 7 N–H and O–H groups in total. The summed E-state index contributed by atoms with van der Waals surface area (Å²) in [5.74, 6) is -0.278. The molecule has 1 aromatic heterocycles. The number of hydrogen-bond acceptors (Lipinski definition) is 4. The van der Waals surface area contributed by atoms with Gasteiger partial charge in [-0.15, -0.1) is 5.10 Å². The van der Waals surface area contributed by atoms with Crippen molar-refractivity contribution in [2.24, 2.45) is 27.4 Å². The summed E-state index contributed by atoms with van der Waals surface area (Å²) in [5.41, 5.74) is 17.6. The molecule has 0 aliphatic rings. The lowest BCUT2D eigenvalue weighted by Gasteiger charge is -1.94. The quantitative estimate of drug-likeness (QED) is 0.287. The largest absolute Gasteiger partial charge is 0.369 e. The molecule has 8 heteroatoms. The van der Waals surface area contributed by atoms with Gasteiger partial charge in [0.1, 0.15) is 0 Å². The molecule has 0 unspecified atom stereocenters. The van der Waals surface area contributed by atoms with E-state index in [9.17, 15) is 0 Å². The molecule has 0 spiro atoms. The van der Waals surface area contributed by atoms with Gasteiger partial charge in [-0.3, -0.25) is 5.41 Å². The molecule has 0 fully saturated rings. The Balaban J connectivity index is 3.09. The first-order chi connectivity index (χ1) is 7.41. The van der Waals surface area contributed by atoms with Crippen LogP contribution >= 0.6 is 0 Å². The number of guanidine groups is 1. The van der Waals surface area contributed by atoms with Crippen LogP contribution in [0.2, 0.25) is 0 Å². The second-order valence-corrected chi connectivity index (χ2v) is 3.17.